The van der Waals surface area contributed by atoms with Crippen molar-refractivity contribution in [3.63, 3.8) is 0 Å². The molecule has 21 heavy (non-hydrogen) atoms. The van der Waals surface area contributed by atoms with Crippen LogP contribution in [0.2, 0.25) is 0 Å². The van der Waals surface area contributed by atoms with E-state index in [2.05, 4.69) is 5.32 Å². The van der Waals surface area contributed by atoms with Gasteiger partial charge in [-0.3, -0.25) is 4.79 Å². The Hall–Kier alpha value is -2.30. The van der Waals surface area contributed by atoms with Crippen molar-refractivity contribution in [2.24, 2.45) is 0 Å². The van der Waals surface area contributed by atoms with Gasteiger partial charge in [0, 0.05) is 11.3 Å². The van der Waals surface area contributed by atoms with E-state index in [1.807, 2.05) is 0 Å². The first-order chi connectivity index (χ1) is 10.0. The molecule has 0 saturated heterocycles. The first kappa shape index (κ1) is 16.8. The van der Waals surface area contributed by atoms with E-state index in [9.17, 15) is 9.59 Å². The van der Waals surface area contributed by atoms with Crippen molar-refractivity contribution in [1.82, 2.24) is 0 Å². The second-order valence-electron chi connectivity index (χ2n) is 4.70. The summed E-state index contributed by atoms with van der Waals surface area (Å²) in [6, 6.07) is 6.25. The van der Waals surface area contributed by atoms with Gasteiger partial charge in [-0.1, -0.05) is 6.08 Å². The van der Waals surface area contributed by atoms with Crippen molar-refractivity contribution < 1.29 is 19.1 Å². The quantitative estimate of drug-likeness (QED) is 0.475. The highest BCUT2D eigenvalue weighted by atomic mass is 16.5. The van der Waals surface area contributed by atoms with Crippen LogP contribution >= 0.6 is 0 Å². The van der Waals surface area contributed by atoms with E-state index in [-0.39, 0.29) is 6.10 Å². The van der Waals surface area contributed by atoms with Crippen LogP contribution < -0.4 is 10.1 Å². The zero-order valence-corrected chi connectivity index (χ0v) is 12.8. The summed E-state index contributed by atoms with van der Waals surface area (Å²) < 4.78 is 10.3. The number of carbonyl (C=O) groups excluding carboxylic acids is 2. The topological polar surface area (TPSA) is 64.6 Å². The summed E-state index contributed by atoms with van der Waals surface area (Å²) in [5.74, 6) is 0.226. The molecule has 0 fully saturated rings. The lowest BCUT2D eigenvalue weighted by Crippen LogP contribution is -2.35. The Morgan fingerprint density at radius 2 is 1.86 bits per heavy atom. The number of ether oxygens (including phenoxy) is 2. The fourth-order valence-electron chi connectivity index (χ4n) is 1.74. The van der Waals surface area contributed by atoms with Crippen LogP contribution in [0.5, 0.6) is 5.75 Å². The number of aldehydes is 1. The Labute approximate surface area is 124 Å². The fourth-order valence-corrected chi connectivity index (χ4v) is 1.74. The minimum absolute atomic E-state index is 0.248. The summed E-state index contributed by atoms with van der Waals surface area (Å²) in [4.78, 5) is 23.3. The summed E-state index contributed by atoms with van der Waals surface area (Å²) in [6.07, 6.45) is 2.00. The Kier molecular flexibility index (Phi) is 6.46. The molecule has 0 spiro atoms. The molecule has 1 N–H and O–H groups in total. The zero-order chi connectivity index (χ0) is 15.8. The van der Waals surface area contributed by atoms with Gasteiger partial charge in [0.15, 0.2) is 6.04 Å². The molecule has 0 bridgehead atoms. The number of anilines is 1. The van der Waals surface area contributed by atoms with Gasteiger partial charge in [0.1, 0.15) is 12.0 Å². The molecule has 5 heteroatoms. The van der Waals surface area contributed by atoms with E-state index in [1.54, 1.807) is 58.2 Å². The monoisotopic (exact) mass is 291 g/mol. The maximum Gasteiger partial charge on any atom is 0.333 e. The van der Waals surface area contributed by atoms with Crippen molar-refractivity contribution in [3.8, 4) is 5.75 Å². The van der Waals surface area contributed by atoms with Gasteiger partial charge in [-0.25, -0.2) is 4.79 Å². The van der Waals surface area contributed by atoms with Crippen molar-refractivity contribution in [2.75, 3.05) is 12.4 Å². The SMILES string of the molecule is C/C=C(\C=O)[C@H](Nc1ccc(OC)cc1)C(=O)OC(C)C. The molecule has 0 aliphatic heterocycles. The van der Waals surface area contributed by atoms with Gasteiger partial charge in [-0.2, -0.15) is 0 Å². The molecular weight excluding hydrogens is 270 g/mol. The molecule has 0 unspecified atom stereocenters. The molecule has 0 aromatic heterocycles. The second kappa shape index (κ2) is 8.09. The molecule has 0 saturated carbocycles. The van der Waals surface area contributed by atoms with E-state index in [0.717, 1.165) is 0 Å². The minimum atomic E-state index is -0.830. The Bertz CT molecular complexity index is 506. The van der Waals surface area contributed by atoms with Gasteiger partial charge in [0.05, 0.1) is 13.2 Å². The van der Waals surface area contributed by atoms with Crippen LogP contribution in [-0.2, 0) is 14.3 Å². The van der Waals surface area contributed by atoms with E-state index >= 15 is 0 Å². The lowest BCUT2D eigenvalue weighted by molar-refractivity contribution is -0.147. The molecule has 1 atom stereocenters. The molecule has 0 radical (unpaired) electrons. The molecule has 114 valence electrons. The van der Waals surface area contributed by atoms with Gasteiger partial charge in [-0.15, -0.1) is 0 Å². The molecular formula is C16H21NO4. The summed E-state index contributed by atoms with van der Waals surface area (Å²) in [7, 11) is 1.58. The summed E-state index contributed by atoms with van der Waals surface area (Å²) in [5.41, 5.74) is 1.03. The molecule has 5 nitrogen and oxygen atoms in total. The van der Waals surface area contributed by atoms with Gasteiger partial charge in [0.2, 0.25) is 0 Å². The number of hydrogen-bond acceptors (Lipinski definition) is 5. The van der Waals surface area contributed by atoms with Crippen LogP contribution in [0.3, 0.4) is 0 Å². The number of hydrogen-bond donors (Lipinski definition) is 1. The predicted octanol–water partition coefficient (Wildman–Crippen LogP) is 2.57. The smallest absolute Gasteiger partial charge is 0.333 e. The van der Waals surface area contributed by atoms with Crippen molar-refractivity contribution in [2.45, 2.75) is 32.9 Å². The average molecular weight is 291 g/mol. The fraction of sp³-hybridized carbons (Fsp3) is 0.375. The first-order valence-electron chi connectivity index (χ1n) is 6.74. The van der Waals surface area contributed by atoms with Crippen molar-refractivity contribution in [3.05, 3.63) is 35.9 Å². The lowest BCUT2D eigenvalue weighted by atomic mass is 10.1. The number of allylic oxidation sites excluding steroid dienone is 1. The van der Waals surface area contributed by atoms with Gasteiger partial charge < -0.3 is 14.8 Å². The minimum Gasteiger partial charge on any atom is -0.497 e. The van der Waals surface area contributed by atoms with Gasteiger partial charge in [0.25, 0.3) is 0 Å². The molecule has 0 amide bonds. The van der Waals surface area contributed by atoms with Crippen LogP contribution in [0.4, 0.5) is 5.69 Å². The van der Waals surface area contributed by atoms with E-state index < -0.39 is 12.0 Å². The van der Waals surface area contributed by atoms with Crippen molar-refractivity contribution >= 4 is 17.9 Å². The summed E-state index contributed by atoms with van der Waals surface area (Å²) in [5, 5.41) is 3.01. The highest BCUT2D eigenvalue weighted by molar-refractivity contribution is 5.92. The lowest BCUT2D eigenvalue weighted by Gasteiger charge is -2.20. The van der Waals surface area contributed by atoms with E-state index in [4.69, 9.17) is 9.47 Å². The van der Waals surface area contributed by atoms with Crippen LogP contribution in [-0.4, -0.2) is 31.5 Å². The molecule has 0 heterocycles. The molecule has 1 aromatic rings. The zero-order valence-electron chi connectivity index (χ0n) is 12.8. The Morgan fingerprint density at radius 3 is 2.29 bits per heavy atom. The number of methoxy groups -OCH3 is 1. The number of nitrogens with one attached hydrogen (secondary N) is 1. The third kappa shape index (κ3) is 4.95. The second-order valence-corrected chi connectivity index (χ2v) is 4.70. The maximum atomic E-state index is 12.1. The van der Waals surface area contributed by atoms with Crippen LogP contribution in [0.1, 0.15) is 20.8 Å². The summed E-state index contributed by atoms with van der Waals surface area (Å²) in [6.45, 7) is 5.23. The highest BCUT2D eigenvalue weighted by Gasteiger charge is 2.24. The molecule has 0 aliphatic rings. The Balaban J connectivity index is 2.95. The largest absolute Gasteiger partial charge is 0.497 e. The predicted molar refractivity (Wildman–Crippen MR) is 81.5 cm³/mol. The number of benzene rings is 1. The van der Waals surface area contributed by atoms with Gasteiger partial charge in [-0.05, 0) is 45.0 Å². The summed E-state index contributed by atoms with van der Waals surface area (Å²) >= 11 is 0. The maximum absolute atomic E-state index is 12.1. The molecule has 0 aliphatic carbocycles. The van der Waals surface area contributed by atoms with Crippen LogP contribution in [0, 0.1) is 0 Å². The standard InChI is InChI=1S/C16H21NO4/c1-5-12(10-18)15(16(19)21-11(2)3)17-13-6-8-14(20-4)9-7-13/h5-11,15,17H,1-4H3/b12-5+/t15-/m0/s1. The first-order valence-corrected chi connectivity index (χ1v) is 6.74. The number of esters is 1. The Morgan fingerprint density at radius 1 is 1.24 bits per heavy atom. The van der Waals surface area contributed by atoms with Crippen molar-refractivity contribution in [1.29, 1.82) is 0 Å². The van der Waals surface area contributed by atoms with Gasteiger partial charge >= 0.3 is 5.97 Å². The molecule has 1 aromatic carbocycles. The number of carbonyl (C=O) groups is 2. The average Bonchev–Trinajstić information content (AvgIpc) is 2.47. The van der Waals surface area contributed by atoms with E-state index in [0.29, 0.717) is 23.3 Å². The molecule has 1 rings (SSSR count). The van der Waals surface area contributed by atoms with Crippen LogP contribution in [0.15, 0.2) is 35.9 Å². The highest BCUT2D eigenvalue weighted by Crippen LogP contribution is 2.18. The third-order valence-electron chi connectivity index (χ3n) is 2.79. The number of rotatable bonds is 7. The van der Waals surface area contributed by atoms with Crippen LogP contribution in [0.25, 0.3) is 0 Å². The third-order valence-corrected chi connectivity index (χ3v) is 2.79. The van der Waals surface area contributed by atoms with E-state index in [1.165, 1.54) is 0 Å². The normalized spacial score (nSPS) is 12.7.